The molecule has 1 N–H and O–H groups in total. The third-order valence-corrected chi connectivity index (χ3v) is 3.90. The van der Waals surface area contributed by atoms with Gasteiger partial charge in [-0.05, 0) is 25.0 Å². The van der Waals surface area contributed by atoms with Crippen molar-refractivity contribution in [3.8, 4) is 0 Å². The standard InChI is InChI=1S/C17H19F4N3O2/c1-16(2,14(25)22-12-8-4-3-7-11(12)18)10-6-5-9-13-23-15(26-24-13)17(19,20)21/h3-4,7-8H,5-6,9-10H2,1-2H3,(H,22,25). The van der Waals surface area contributed by atoms with Gasteiger partial charge >= 0.3 is 12.1 Å². The van der Waals surface area contributed by atoms with E-state index < -0.39 is 23.3 Å². The Morgan fingerprint density at radius 1 is 1.19 bits per heavy atom. The number of benzene rings is 1. The van der Waals surface area contributed by atoms with Crippen LogP contribution in [-0.2, 0) is 17.4 Å². The Morgan fingerprint density at radius 2 is 1.88 bits per heavy atom. The molecule has 0 spiro atoms. The van der Waals surface area contributed by atoms with Crippen LogP contribution < -0.4 is 5.32 Å². The van der Waals surface area contributed by atoms with Gasteiger partial charge in [0.05, 0.1) is 5.69 Å². The number of anilines is 1. The second kappa shape index (κ2) is 7.84. The number of rotatable bonds is 7. The van der Waals surface area contributed by atoms with Crippen LogP contribution in [-0.4, -0.2) is 16.0 Å². The molecule has 0 unspecified atom stereocenters. The van der Waals surface area contributed by atoms with E-state index in [9.17, 15) is 22.4 Å². The molecule has 0 saturated carbocycles. The van der Waals surface area contributed by atoms with E-state index in [2.05, 4.69) is 20.0 Å². The minimum atomic E-state index is -4.65. The predicted molar refractivity (Wildman–Crippen MR) is 85.7 cm³/mol. The lowest BCUT2D eigenvalue weighted by atomic mass is 9.85. The van der Waals surface area contributed by atoms with Gasteiger partial charge < -0.3 is 9.84 Å². The van der Waals surface area contributed by atoms with E-state index >= 15 is 0 Å². The van der Waals surface area contributed by atoms with Crippen molar-refractivity contribution >= 4 is 11.6 Å². The molecular weight excluding hydrogens is 354 g/mol. The van der Waals surface area contributed by atoms with Crippen LogP contribution in [0.15, 0.2) is 28.8 Å². The highest BCUT2D eigenvalue weighted by molar-refractivity contribution is 5.94. The maximum absolute atomic E-state index is 13.6. The van der Waals surface area contributed by atoms with Crippen molar-refractivity contribution in [3.63, 3.8) is 0 Å². The summed E-state index contributed by atoms with van der Waals surface area (Å²) in [6.07, 6.45) is -2.92. The summed E-state index contributed by atoms with van der Waals surface area (Å²) in [6, 6.07) is 5.87. The Balaban J connectivity index is 1.81. The first-order valence-electron chi connectivity index (χ1n) is 8.05. The van der Waals surface area contributed by atoms with Crippen LogP contribution in [0.1, 0.15) is 44.8 Å². The summed E-state index contributed by atoms with van der Waals surface area (Å²) in [6.45, 7) is 3.44. The number of hydrogen-bond acceptors (Lipinski definition) is 4. The summed E-state index contributed by atoms with van der Waals surface area (Å²) < 4.78 is 54.9. The number of aryl methyl sites for hydroxylation is 1. The van der Waals surface area contributed by atoms with E-state index in [0.29, 0.717) is 19.3 Å². The second-order valence-corrected chi connectivity index (χ2v) is 6.54. The van der Waals surface area contributed by atoms with Gasteiger partial charge in [-0.25, -0.2) is 4.39 Å². The molecule has 1 amide bonds. The monoisotopic (exact) mass is 373 g/mol. The molecule has 9 heteroatoms. The third-order valence-electron chi connectivity index (χ3n) is 3.90. The topological polar surface area (TPSA) is 68.0 Å². The van der Waals surface area contributed by atoms with Crippen molar-refractivity contribution in [1.82, 2.24) is 10.1 Å². The molecule has 0 bridgehead atoms. The van der Waals surface area contributed by atoms with Crippen molar-refractivity contribution in [1.29, 1.82) is 0 Å². The summed E-state index contributed by atoms with van der Waals surface area (Å²) >= 11 is 0. The fourth-order valence-electron chi connectivity index (χ4n) is 2.29. The Hall–Kier alpha value is -2.45. The van der Waals surface area contributed by atoms with E-state index in [4.69, 9.17) is 0 Å². The lowest BCUT2D eigenvalue weighted by molar-refractivity contribution is -0.159. The van der Waals surface area contributed by atoms with Gasteiger partial charge in [0.25, 0.3) is 0 Å². The number of amides is 1. The van der Waals surface area contributed by atoms with Crippen LogP contribution in [0.25, 0.3) is 0 Å². The minimum Gasteiger partial charge on any atom is -0.329 e. The number of aromatic nitrogens is 2. The molecule has 0 aliphatic rings. The van der Waals surface area contributed by atoms with E-state index in [1.807, 2.05) is 0 Å². The van der Waals surface area contributed by atoms with Gasteiger partial charge in [-0.2, -0.15) is 18.2 Å². The van der Waals surface area contributed by atoms with Gasteiger partial charge in [-0.1, -0.05) is 37.6 Å². The zero-order chi connectivity index (χ0) is 19.4. The molecule has 142 valence electrons. The number of carbonyl (C=O) groups is 1. The van der Waals surface area contributed by atoms with Gasteiger partial charge in [-0.15, -0.1) is 0 Å². The Kier molecular flexibility index (Phi) is 5.99. The molecule has 0 aliphatic heterocycles. The van der Waals surface area contributed by atoms with Crippen LogP contribution in [0, 0.1) is 11.2 Å². The molecule has 1 heterocycles. The fraction of sp³-hybridized carbons (Fsp3) is 0.471. The SMILES string of the molecule is CC(C)(CCCCc1noc(C(F)(F)F)n1)C(=O)Nc1ccccc1F. The lowest BCUT2D eigenvalue weighted by Gasteiger charge is -2.23. The number of alkyl halides is 3. The summed E-state index contributed by atoms with van der Waals surface area (Å²) in [7, 11) is 0. The molecule has 0 atom stereocenters. The Labute approximate surface area is 147 Å². The van der Waals surface area contributed by atoms with Crippen molar-refractivity contribution in [3.05, 3.63) is 41.8 Å². The van der Waals surface area contributed by atoms with Gasteiger partial charge in [-0.3, -0.25) is 4.79 Å². The van der Waals surface area contributed by atoms with Crippen molar-refractivity contribution in [2.45, 2.75) is 45.7 Å². The number of nitrogens with zero attached hydrogens (tertiary/aromatic N) is 2. The first-order valence-corrected chi connectivity index (χ1v) is 8.05. The van der Waals surface area contributed by atoms with Crippen molar-refractivity contribution in [2.75, 3.05) is 5.32 Å². The van der Waals surface area contributed by atoms with Crippen LogP contribution in [0.2, 0.25) is 0 Å². The molecule has 0 fully saturated rings. The highest BCUT2D eigenvalue weighted by Gasteiger charge is 2.38. The molecule has 0 aliphatic carbocycles. The molecule has 2 rings (SSSR count). The molecule has 1 aromatic carbocycles. The molecule has 0 radical (unpaired) electrons. The smallest absolute Gasteiger partial charge is 0.329 e. The van der Waals surface area contributed by atoms with Crippen LogP contribution in [0.3, 0.4) is 0 Å². The van der Waals surface area contributed by atoms with E-state index in [-0.39, 0.29) is 23.8 Å². The van der Waals surface area contributed by atoms with Gasteiger partial charge in [0, 0.05) is 11.8 Å². The summed E-state index contributed by atoms with van der Waals surface area (Å²) in [5, 5.41) is 5.84. The minimum absolute atomic E-state index is 0.0223. The van der Waals surface area contributed by atoms with Crippen molar-refractivity contribution in [2.24, 2.45) is 5.41 Å². The van der Waals surface area contributed by atoms with E-state index in [1.54, 1.807) is 19.9 Å². The molecule has 5 nitrogen and oxygen atoms in total. The van der Waals surface area contributed by atoms with Crippen LogP contribution in [0.4, 0.5) is 23.2 Å². The highest BCUT2D eigenvalue weighted by Crippen LogP contribution is 2.28. The number of halogens is 4. The lowest BCUT2D eigenvalue weighted by Crippen LogP contribution is -2.31. The first kappa shape index (κ1) is 19.9. The van der Waals surface area contributed by atoms with Crippen LogP contribution in [0.5, 0.6) is 0 Å². The van der Waals surface area contributed by atoms with Gasteiger partial charge in [0.15, 0.2) is 5.82 Å². The zero-order valence-corrected chi connectivity index (χ0v) is 14.4. The Bertz CT molecular complexity index is 756. The number of hydrogen-bond donors (Lipinski definition) is 1. The number of carbonyl (C=O) groups excluding carboxylic acids is 1. The summed E-state index contributed by atoms with van der Waals surface area (Å²) in [4.78, 5) is 15.6. The highest BCUT2D eigenvalue weighted by atomic mass is 19.4. The van der Waals surface area contributed by atoms with E-state index in [0.717, 1.165) is 0 Å². The third kappa shape index (κ3) is 5.27. The zero-order valence-electron chi connectivity index (χ0n) is 14.4. The fourth-order valence-corrected chi connectivity index (χ4v) is 2.29. The average Bonchev–Trinajstić information content (AvgIpc) is 3.03. The van der Waals surface area contributed by atoms with Crippen molar-refractivity contribution < 1.29 is 26.9 Å². The summed E-state index contributed by atoms with van der Waals surface area (Å²) in [5.41, 5.74) is -0.659. The van der Waals surface area contributed by atoms with E-state index in [1.165, 1.54) is 18.2 Å². The molecular formula is C17H19F4N3O2. The van der Waals surface area contributed by atoms with Gasteiger partial charge in [0.2, 0.25) is 5.91 Å². The Morgan fingerprint density at radius 3 is 2.50 bits per heavy atom. The predicted octanol–water partition coefficient (Wildman–Crippen LogP) is 4.61. The van der Waals surface area contributed by atoms with Gasteiger partial charge in [0.1, 0.15) is 5.82 Å². The molecule has 2 aromatic rings. The largest absolute Gasteiger partial charge is 0.471 e. The maximum atomic E-state index is 13.6. The second-order valence-electron chi connectivity index (χ2n) is 6.54. The number of unbranched alkanes of at least 4 members (excludes halogenated alkanes) is 1. The first-order chi connectivity index (χ1) is 12.1. The molecule has 26 heavy (non-hydrogen) atoms. The maximum Gasteiger partial charge on any atom is 0.471 e. The normalized spacial score (nSPS) is 12.2. The van der Waals surface area contributed by atoms with Crippen LogP contribution >= 0.6 is 0 Å². The molecule has 0 saturated heterocycles. The number of para-hydroxylation sites is 1. The summed E-state index contributed by atoms with van der Waals surface area (Å²) in [5.74, 6) is -2.24. The number of nitrogens with one attached hydrogen (secondary N) is 1. The average molecular weight is 373 g/mol. The quantitative estimate of drug-likeness (QED) is 0.569. The molecule has 1 aromatic heterocycles.